The van der Waals surface area contributed by atoms with Gasteiger partial charge < -0.3 is 4.74 Å². The first kappa shape index (κ1) is 11.6. The van der Waals surface area contributed by atoms with Crippen LogP contribution in [0.15, 0.2) is 46.3 Å². The first-order valence-electron chi connectivity index (χ1n) is 5.46. The van der Waals surface area contributed by atoms with Gasteiger partial charge in [0.25, 0.3) is 0 Å². The molecule has 3 rings (SSSR count). The van der Waals surface area contributed by atoms with Crippen molar-refractivity contribution in [1.82, 2.24) is 0 Å². The molecule has 2 nitrogen and oxygen atoms in total. The van der Waals surface area contributed by atoms with E-state index in [1.54, 1.807) is 17.8 Å². The van der Waals surface area contributed by atoms with Crippen molar-refractivity contribution in [3.63, 3.8) is 0 Å². The van der Waals surface area contributed by atoms with Gasteiger partial charge in [-0.2, -0.15) is 0 Å². The van der Waals surface area contributed by atoms with Gasteiger partial charge >= 0.3 is 0 Å². The third-order valence-corrected chi connectivity index (χ3v) is 3.67. The number of rotatable bonds is 1. The molecule has 0 saturated carbocycles. The van der Waals surface area contributed by atoms with Crippen molar-refractivity contribution in [2.75, 3.05) is 6.26 Å². The zero-order valence-corrected chi connectivity index (χ0v) is 11.3. The zero-order chi connectivity index (χ0) is 12.5. The molecule has 0 N–H and O–H groups in total. The van der Waals surface area contributed by atoms with Crippen molar-refractivity contribution in [3.8, 4) is 11.5 Å². The number of halogens is 1. The normalized spacial score (nSPS) is 12.3. The van der Waals surface area contributed by atoms with Crippen molar-refractivity contribution in [2.45, 2.75) is 4.90 Å². The SMILES string of the molecule is CSc1ccc2c(c1)Oc1cc(Cl)ccc1N=C2. The van der Waals surface area contributed by atoms with E-state index in [1.165, 1.54) is 0 Å². The molecular weight excluding hydrogens is 266 g/mol. The maximum atomic E-state index is 5.98. The number of hydrogen-bond donors (Lipinski definition) is 0. The minimum absolute atomic E-state index is 0.647. The standard InChI is InChI=1S/C14H10ClNOS/c1-18-11-4-2-9-8-16-12-5-3-10(15)6-14(12)17-13(9)7-11/h2-8H,1H3. The Kier molecular flexibility index (Phi) is 3.02. The van der Waals surface area contributed by atoms with Gasteiger partial charge in [-0.3, -0.25) is 4.99 Å². The van der Waals surface area contributed by atoms with Gasteiger partial charge in [0, 0.05) is 27.8 Å². The third kappa shape index (κ3) is 2.11. The van der Waals surface area contributed by atoms with Crippen LogP contribution < -0.4 is 4.74 Å². The Morgan fingerprint density at radius 2 is 2.00 bits per heavy atom. The second kappa shape index (κ2) is 4.67. The van der Waals surface area contributed by atoms with Crippen molar-refractivity contribution < 1.29 is 4.74 Å². The molecule has 4 heteroatoms. The number of fused-ring (bicyclic) bond motifs is 2. The van der Waals surface area contributed by atoms with Crippen molar-refractivity contribution >= 4 is 35.3 Å². The van der Waals surface area contributed by atoms with Gasteiger partial charge in [-0.25, -0.2) is 0 Å². The highest BCUT2D eigenvalue weighted by atomic mass is 35.5. The molecule has 0 saturated heterocycles. The Bertz CT molecular complexity index is 640. The van der Waals surface area contributed by atoms with Crippen molar-refractivity contribution in [3.05, 3.63) is 47.0 Å². The van der Waals surface area contributed by atoms with Crippen LogP contribution in [0.4, 0.5) is 5.69 Å². The van der Waals surface area contributed by atoms with Gasteiger partial charge in [-0.15, -0.1) is 11.8 Å². The average Bonchev–Trinajstić information content (AvgIpc) is 2.56. The summed E-state index contributed by atoms with van der Waals surface area (Å²) in [5.74, 6) is 1.50. The van der Waals surface area contributed by atoms with Gasteiger partial charge in [0.15, 0.2) is 5.75 Å². The fourth-order valence-corrected chi connectivity index (χ4v) is 2.36. The van der Waals surface area contributed by atoms with E-state index < -0.39 is 0 Å². The summed E-state index contributed by atoms with van der Waals surface area (Å²) >= 11 is 7.66. The van der Waals surface area contributed by atoms with Crippen LogP contribution in [0.1, 0.15) is 5.56 Å². The summed E-state index contributed by atoms with van der Waals surface area (Å²) in [5.41, 5.74) is 1.77. The average molecular weight is 276 g/mol. The number of aliphatic imine (C=N–C) groups is 1. The third-order valence-electron chi connectivity index (χ3n) is 2.71. The number of nitrogens with zero attached hydrogens (tertiary/aromatic N) is 1. The Balaban J connectivity index is 2.12. The molecule has 0 amide bonds. The van der Waals surface area contributed by atoms with Crippen LogP contribution >= 0.6 is 23.4 Å². The molecule has 1 aliphatic rings. The minimum Gasteiger partial charge on any atom is -0.454 e. The lowest BCUT2D eigenvalue weighted by molar-refractivity contribution is 0.483. The van der Waals surface area contributed by atoms with Crippen LogP contribution in [0.5, 0.6) is 11.5 Å². The second-order valence-electron chi connectivity index (χ2n) is 3.88. The highest BCUT2D eigenvalue weighted by molar-refractivity contribution is 7.98. The molecule has 0 atom stereocenters. The molecule has 2 aromatic rings. The molecule has 0 radical (unpaired) electrons. The van der Waals surface area contributed by atoms with Gasteiger partial charge in [0.1, 0.15) is 11.4 Å². The summed E-state index contributed by atoms with van der Waals surface area (Å²) in [6, 6.07) is 11.5. The van der Waals surface area contributed by atoms with Gasteiger partial charge in [0.2, 0.25) is 0 Å². The summed E-state index contributed by atoms with van der Waals surface area (Å²) < 4.78 is 5.90. The van der Waals surface area contributed by atoms with E-state index in [4.69, 9.17) is 16.3 Å². The van der Waals surface area contributed by atoms with E-state index in [0.29, 0.717) is 10.8 Å². The first-order chi connectivity index (χ1) is 8.76. The van der Waals surface area contributed by atoms with Crippen LogP contribution in [-0.4, -0.2) is 12.5 Å². The largest absolute Gasteiger partial charge is 0.454 e. The fourth-order valence-electron chi connectivity index (χ4n) is 1.77. The molecule has 0 fully saturated rings. The molecule has 90 valence electrons. The summed E-state index contributed by atoms with van der Waals surface area (Å²) in [6.45, 7) is 0. The van der Waals surface area contributed by atoms with Crippen LogP contribution in [0, 0.1) is 0 Å². The van der Waals surface area contributed by atoms with Crippen molar-refractivity contribution in [1.29, 1.82) is 0 Å². The zero-order valence-electron chi connectivity index (χ0n) is 9.68. The number of hydrogen-bond acceptors (Lipinski definition) is 3. The Morgan fingerprint density at radius 1 is 1.11 bits per heavy atom. The van der Waals surface area contributed by atoms with E-state index in [2.05, 4.69) is 11.1 Å². The van der Waals surface area contributed by atoms with E-state index in [9.17, 15) is 0 Å². The molecule has 0 unspecified atom stereocenters. The van der Waals surface area contributed by atoms with Crippen LogP contribution in [-0.2, 0) is 0 Å². The molecule has 0 bridgehead atoms. The summed E-state index contributed by atoms with van der Waals surface area (Å²) in [6.07, 6.45) is 3.86. The maximum absolute atomic E-state index is 5.98. The van der Waals surface area contributed by atoms with Gasteiger partial charge in [0.05, 0.1) is 0 Å². The van der Waals surface area contributed by atoms with Crippen LogP contribution in [0.2, 0.25) is 5.02 Å². The second-order valence-corrected chi connectivity index (χ2v) is 5.19. The highest BCUT2D eigenvalue weighted by Gasteiger charge is 2.12. The van der Waals surface area contributed by atoms with Crippen LogP contribution in [0.25, 0.3) is 0 Å². The fraction of sp³-hybridized carbons (Fsp3) is 0.0714. The van der Waals surface area contributed by atoms with Crippen molar-refractivity contribution in [2.24, 2.45) is 4.99 Å². The smallest absolute Gasteiger partial charge is 0.154 e. The monoisotopic (exact) mass is 275 g/mol. The Morgan fingerprint density at radius 3 is 2.83 bits per heavy atom. The summed E-state index contributed by atoms with van der Waals surface area (Å²) in [4.78, 5) is 5.57. The number of benzene rings is 2. The molecule has 0 aromatic heterocycles. The van der Waals surface area contributed by atoms with E-state index in [1.807, 2.05) is 36.7 Å². The van der Waals surface area contributed by atoms with E-state index in [-0.39, 0.29) is 0 Å². The minimum atomic E-state index is 0.647. The molecule has 0 spiro atoms. The van der Waals surface area contributed by atoms with E-state index >= 15 is 0 Å². The molecular formula is C14H10ClNOS. The molecule has 1 heterocycles. The van der Waals surface area contributed by atoms with Gasteiger partial charge in [-0.1, -0.05) is 11.6 Å². The van der Waals surface area contributed by atoms with Gasteiger partial charge in [-0.05, 0) is 36.6 Å². The predicted molar refractivity (Wildman–Crippen MR) is 77.0 cm³/mol. The maximum Gasteiger partial charge on any atom is 0.154 e. The summed E-state index contributed by atoms with van der Waals surface area (Å²) in [5, 5.41) is 0.647. The lowest BCUT2D eigenvalue weighted by atomic mass is 10.2. The molecule has 2 aromatic carbocycles. The summed E-state index contributed by atoms with van der Waals surface area (Å²) in [7, 11) is 0. The highest BCUT2D eigenvalue weighted by Crippen LogP contribution is 2.38. The Hall–Kier alpha value is -1.45. The lowest BCUT2D eigenvalue weighted by Gasteiger charge is -2.09. The van der Waals surface area contributed by atoms with E-state index in [0.717, 1.165) is 21.9 Å². The quantitative estimate of drug-likeness (QED) is 0.588. The lowest BCUT2D eigenvalue weighted by Crippen LogP contribution is -1.88. The molecule has 18 heavy (non-hydrogen) atoms. The first-order valence-corrected chi connectivity index (χ1v) is 7.06. The number of thioether (sulfide) groups is 1. The number of ether oxygens (including phenoxy) is 1. The predicted octanol–water partition coefficient (Wildman–Crippen LogP) is 4.92. The molecule has 1 aliphatic heterocycles. The Labute approximate surface area is 115 Å². The van der Waals surface area contributed by atoms with Crippen LogP contribution in [0.3, 0.4) is 0 Å². The topological polar surface area (TPSA) is 21.6 Å². The molecule has 0 aliphatic carbocycles.